The van der Waals surface area contributed by atoms with Crippen molar-refractivity contribution < 1.29 is 9.53 Å². The van der Waals surface area contributed by atoms with E-state index in [0.717, 1.165) is 31.6 Å². The average Bonchev–Trinajstić information content (AvgIpc) is 2.91. The quantitative estimate of drug-likeness (QED) is 0.928. The van der Waals surface area contributed by atoms with Crippen molar-refractivity contribution in [2.24, 2.45) is 0 Å². The van der Waals surface area contributed by atoms with Crippen LogP contribution in [-0.4, -0.2) is 31.7 Å². The summed E-state index contributed by atoms with van der Waals surface area (Å²) < 4.78 is 5.40. The Balaban J connectivity index is 1.59. The number of rotatable bonds is 3. The van der Waals surface area contributed by atoms with Gasteiger partial charge < -0.3 is 15.0 Å². The number of anilines is 2. The SMILES string of the molecule is O=C(Nc1ccc(N2CCCCCC2)cc1)C1CCCO1. The van der Waals surface area contributed by atoms with Crippen molar-refractivity contribution in [2.75, 3.05) is 29.9 Å². The number of ether oxygens (including phenoxy) is 1. The van der Waals surface area contributed by atoms with E-state index in [1.54, 1.807) is 0 Å². The van der Waals surface area contributed by atoms with Crippen LogP contribution in [0.5, 0.6) is 0 Å². The van der Waals surface area contributed by atoms with E-state index >= 15 is 0 Å². The maximum atomic E-state index is 12.0. The number of hydrogen-bond donors (Lipinski definition) is 1. The number of carbonyl (C=O) groups is 1. The molecule has 0 spiro atoms. The molecule has 2 fully saturated rings. The lowest BCUT2D eigenvalue weighted by Crippen LogP contribution is -2.27. The molecule has 0 aliphatic carbocycles. The van der Waals surface area contributed by atoms with E-state index in [-0.39, 0.29) is 12.0 Å². The van der Waals surface area contributed by atoms with Gasteiger partial charge in [0, 0.05) is 31.1 Å². The minimum atomic E-state index is -0.268. The lowest BCUT2D eigenvalue weighted by molar-refractivity contribution is -0.124. The molecule has 2 heterocycles. The Morgan fingerprint density at radius 2 is 1.76 bits per heavy atom. The minimum Gasteiger partial charge on any atom is -0.372 e. The third-order valence-corrected chi connectivity index (χ3v) is 4.33. The number of nitrogens with one attached hydrogen (secondary N) is 1. The maximum absolute atomic E-state index is 12.0. The fraction of sp³-hybridized carbons (Fsp3) is 0.588. The van der Waals surface area contributed by atoms with Crippen LogP contribution in [0.3, 0.4) is 0 Å². The predicted molar refractivity (Wildman–Crippen MR) is 84.7 cm³/mol. The van der Waals surface area contributed by atoms with Gasteiger partial charge in [0.15, 0.2) is 0 Å². The molecule has 0 bridgehead atoms. The molecule has 1 aromatic carbocycles. The molecular formula is C17H24N2O2. The van der Waals surface area contributed by atoms with Gasteiger partial charge in [-0.25, -0.2) is 0 Å². The van der Waals surface area contributed by atoms with Crippen LogP contribution in [0.15, 0.2) is 24.3 Å². The van der Waals surface area contributed by atoms with Crippen molar-refractivity contribution in [3.8, 4) is 0 Å². The van der Waals surface area contributed by atoms with Gasteiger partial charge in [0.1, 0.15) is 6.10 Å². The number of benzene rings is 1. The Kier molecular flexibility index (Phi) is 4.76. The lowest BCUT2D eigenvalue weighted by Gasteiger charge is -2.23. The highest BCUT2D eigenvalue weighted by Crippen LogP contribution is 2.22. The van der Waals surface area contributed by atoms with Crippen molar-refractivity contribution in [2.45, 2.75) is 44.6 Å². The maximum Gasteiger partial charge on any atom is 0.253 e. The van der Waals surface area contributed by atoms with Crippen LogP contribution in [0.2, 0.25) is 0 Å². The Morgan fingerprint density at radius 1 is 1.05 bits per heavy atom. The van der Waals surface area contributed by atoms with Crippen molar-refractivity contribution >= 4 is 17.3 Å². The summed E-state index contributed by atoms with van der Waals surface area (Å²) in [7, 11) is 0. The van der Waals surface area contributed by atoms with Gasteiger partial charge in [-0.2, -0.15) is 0 Å². The second kappa shape index (κ2) is 6.94. The van der Waals surface area contributed by atoms with Crippen molar-refractivity contribution in [1.29, 1.82) is 0 Å². The standard InChI is InChI=1S/C17H24N2O2/c20-17(16-6-5-13-21-16)18-14-7-9-15(10-8-14)19-11-3-1-2-4-12-19/h7-10,16H,1-6,11-13H2,(H,18,20). The summed E-state index contributed by atoms with van der Waals surface area (Å²) in [6, 6.07) is 8.20. The van der Waals surface area contributed by atoms with E-state index in [1.165, 1.54) is 31.4 Å². The second-order valence-electron chi connectivity index (χ2n) is 5.94. The third-order valence-electron chi connectivity index (χ3n) is 4.33. The van der Waals surface area contributed by atoms with Gasteiger partial charge >= 0.3 is 0 Å². The highest BCUT2D eigenvalue weighted by Gasteiger charge is 2.23. The van der Waals surface area contributed by atoms with Gasteiger partial charge in [-0.1, -0.05) is 12.8 Å². The van der Waals surface area contributed by atoms with Crippen LogP contribution in [0.1, 0.15) is 38.5 Å². The zero-order chi connectivity index (χ0) is 14.5. The van der Waals surface area contributed by atoms with E-state index in [9.17, 15) is 4.79 Å². The molecule has 4 heteroatoms. The molecule has 21 heavy (non-hydrogen) atoms. The van der Waals surface area contributed by atoms with E-state index in [1.807, 2.05) is 12.1 Å². The summed E-state index contributed by atoms with van der Waals surface area (Å²) in [5, 5.41) is 2.94. The molecule has 2 aliphatic heterocycles. The monoisotopic (exact) mass is 288 g/mol. The molecule has 0 saturated carbocycles. The summed E-state index contributed by atoms with van der Waals surface area (Å²) in [6.07, 6.45) is 6.77. The summed E-state index contributed by atoms with van der Waals surface area (Å²) in [5.74, 6) is -0.0185. The fourth-order valence-corrected chi connectivity index (χ4v) is 3.09. The minimum absolute atomic E-state index is 0.0185. The van der Waals surface area contributed by atoms with E-state index in [0.29, 0.717) is 6.61 Å². The molecule has 2 aliphatic rings. The molecule has 1 atom stereocenters. The Morgan fingerprint density at radius 3 is 2.38 bits per heavy atom. The smallest absolute Gasteiger partial charge is 0.253 e. The summed E-state index contributed by atoms with van der Waals surface area (Å²) in [6.45, 7) is 2.98. The Hall–Kier alpha value is -1.55. The molecule has 0 aromatic heterocycles. The zero-order valence-corrected chi connectivity index (χ0v) is 12.5. The van der Waals surface area contributed by atoms with Crippen LogP contribution in [0.25, 0.3) is 0 Å². The predicted octanol–water partition coefficient (Wildman–Crippen LogP) is 3.18. The van der Waals surface area contributed by atoms with Gasteiger partial charge in [0.25, 0.3) is 5.91 Å². The number of nitrogens with zero attached hydrogens (tertiary/aromatic N) is 1. The molecule has 1 aromatic rings. The first kappa shape index (κ1) is 14.4. The van der Waals surface area contributed by atoms with Crippen molar-refractivity contribution in [1.82, 2.24) is 0 Å². The van der Waals surface area contributed by atoms with Gasteiger partial charge in [-0.15, -0.1) is 0 Å². The molecule has 114 valence electrons. The first-order valence-corrected chi connectivity index (χ1v) is 8.10. The number of hydrogen-bond acceptors (Lipinski definition) is 3. The van der Waals surface area contributed by atoms with E-state index in [2.05, 4.69) is 22.3 Å². The summed E-state index contributed by atoms with van der Waals surface area (Å²) >= 11 is 0. The van der Waals surface area contributed by atoms with Crippen molar-refractivity contribution in [3.05, 3.63) is 24.3 Å². The zero-order valence-electron chi connectivity index (χ0n) is 12.5. The van der Waals surface area contributed by atoms with E-state index in [4.69, 9.17) is 4.74 Å². The average molecular weight is 288 g/mol. The topological polar surface area (TPSA) is 41.6 Å². The summed E-state index contributed by atoms with van der Waals surface area (Å²) in [4.78, 5) is 14.4. The first-order chi connectivity index (χ1) is 10.3. The molecule has 1 unspecified atom stereocenters. The van der Waals surface area contributed by atoms with Gasteiger partial charge in [0.2, 0.25) is 0 Å². The molecule has 3 rings (SSSR count). The highest BCUT2D eigenvalue weighted by molar-refractivity contribution is 5.94. The third kappa shape index (κ3) is 3.76. The summed E-state index contributed by atoms with van der Waals surface area (Å²) in [5.41, 5.74) is 2.11. The first-order valence-electron chi connectivity index (χ1n) is 8.10. The molecule has 0 radical (unpaired) electrons. The Bertz CT molecular complexity index is 458. The highest BCUT2D eigenvalue weighted by atomic mass is 16.5. The second-order valence-corrected chi connectivity index (χ2v) is 5.94. The number of carbonyl (C=O) groups excluding carboxylic acids is 1. The van der Waals surface area contributed by atoms with Crippen LogP contribution < -0.4 is 10.2 Å². The largest absolute Gasteiger partial charge is 0.372 e. The molecule has 2 saturated heterocycles. The molecule has 1 N–H and O–H groups in total. The van der Waals surface area contributed by atoms with Crippen LogP contribution in [0, 0.1) is 0 Å². The molecule has 1 amide bonds. The van der Waals surface area contributed by atoms with Crippen LogP contribution in [-0.2, 0) is 9.53 Å². The van der Waals surface area contributed by atoms with Gasteiger partial charge in [0.05, 0.1) is 0 Å². The normalized spacial score (nSPS) is 22.9. The lowest BCUT2D eigenvalue weighted by atomic mass is 10.2. The molecule has 4 nitrogen and oxygen atoms in total. The van der Waals surface area contributed by atoms with E-state index < -0.39 is 0 Å². The van der Waals surface area contributed by atoms with Gasteiger partial charge in [-0.3, -0.25) is 4.79 Å². The fourth-order valence-electron chi connectivity index (χ4n) is 3.09. The van der Waals surface area contributed by atoms with Gasteiger partial charge in [-0.05, 0) is 49.9 Å². The van der Waals surface area contributed by atoms with Crippen LogP contribution >= 0.6 is 0 Å². The Labute approximate surface area is 126 Å². The van der Waals surface area contributed by atoms with Crippen molar-refractivity contribution in [3.63, 3.8) is 0 Å². The van der Waals surface area contributed by atoms with Crippen LogP contribution in [0.4, 0.5) is 11.4 Å². The molecular weight excluding hydrogens is 264 g/mol. The number of amides is 1.